The SMILES string of the molecule is CCCCCCCCCCCCCCC(C)C(C)C(CC)N(C)I. The number of hydrogen-bond acceptors (Lipinski definition) is 1. The summed E-state index contributed by atoms with van der Waals surface area (Å²) in [6, 6.07) is 0.734. The third kappa shape index (κ3) is 13.0. The first-order valence-electron chi connectivity index (χ1n) is 10.9. The summed E-state index contributed by atoms with van der Waals surface area (Å²) in [6.07, 6.45) is 20.1. The molecule has 0 N–H and O–H groups in total. The molecule has 0 aromatic carbocycles. The molecule has 0 heterocycles. The lowest BCUT2D eigenvalue weighted by atomic mass is 9.84. The topological polar surface area (TPSA) is 3.24 Å². The van der Waals surface area contributed by atoms with E-state index in [1.807, 2.05) is 0 Å². The predicted molar refractivity (Wildman–Crippen MR) is 120 cm³/mol. The van der Waals surface area contributed by atoms with Crippen LogP contribution in [0.15, 0.2) is 0 Å². The van der Waals surface area contributed by atoms with Crippen LogP contribution in [-0.2, 0) is 0 Å². The molecule has 146 valence electrons. The van der Waals surface area contributed by atoms with Gasteiger partial charge in [-0.1, -0.05) is 111 Å². The molecule has 1 nitrogen and oxygen atoms in total. The molecule has 0 amide bonds. The molecule has 0 fully saturated rings. The van der Waals surface area contributed by atoms with E-state index in [1.54, 1.807) is 0 Å². The average molecular weight is 452 g/mol. The second-order valence-electron chi connectivity index (χ2n) is 8.01. The van der Waals surface area contributed by atoms with Crippen molar-refractivity contribution in [3.05, 3.63) is 0 Å². The predicted octanol–water partition coefficient (Wildman–Crippen LogP) is 8.41. The Morgan fingerprint density at radius 1 is 0.708 bits per heavy atom. The fourth-order valence-electron chi connectivity index (χ4n) is 3.90. The van der Waals surface area contributed by atoms with Crippen molar-refractivity contribution in [3.8, 4) is 0 Å². The molecule has 3 unspecified atom stereocenters. The first kappa shape index (κ1) is 24.7. The normalized spacial score (nSPS) is 15.6. The molecule has 0 rings (SSSR count). The largest absolute Gasteiger partial charge is 0.247 e. The van der Waals surface area contributed by atoms with E-state index in [2.05, 4.69) is 60.7 Å². The van der Waals surface area contributed by atoms with Crippen molar-refractivity contribution in [1.29, 1.82) is 0 Å². The van der Waals surface area contributed by atoms with Crippen molar-refractivity contribution in [3.63, 3.8) is 0 Å². The smallest absolute Gasteiger partial charge is 0.0216 e. The average Bonchev–Trinajstić information content (AvgIpc) is 2.55. The summed E-state index contributed by atoms with van der Waals surface area (Å²) >= 11 is 2.46. The van der Waals surface area contributed by atoms with Crippen molar-refractivity contribution in [2.24, 2.45) is 11.8 Å². The van der Waals surface area contributed by atoms with Gasteiger partial charge in [0.25, 0.3) is 0 Å². The van der Waals surface area contributed by atoms with Gasteiger partial charge in [0, 0.05) is 28.9 Å². The zero-order valence-corrected chi connectivity index (χ0v) is 19.6. The van der Waals surface area contributed by atoms with Crippen LogP contribution in [0.2, 0.25) is 0 Å². The zero-order chi connectivity index (χ0) is 18.2. The minimum absolute atomic E-state index is 0.734. The molecule has 0 bridgehead atoms. The number of nitrogens with zero attached hydrogens (tertiary/aromatic N) is 1. The van der Waals surface area contributed by atoms with E-state index >= 15 is 0 Å². The summed E-state index contributed by atoms with van der Waals surface area (Å²) in [5.74, 6) is 1.67. The summed E-state index contributed by atoms with van der Waals surface area (Å²) in [5.41, 5.74) is 0. The molecule has 0 saturated carbocycles. The number of rotatable bonds is 17. The van der Waals surface area contributed by atoms with Crippen molar-refractivity contribution in [2.45, 2.75) is 124 Å². The molecular weight excluding hydrogens is 405 g/mol. The third-order valence-corrected chi connectivity index (χ3v) is 6.61. The highest BCUT2D eigenvalue weighted by molar-refractivity contribution is 14.1. The summed E-state index contributed by atoms with van der Waals surface area (Å²) in [6.45, 7) is 9.54. The fourth-order valence-corrected chi connectivity index (χ4v) is 4.80. The molecule has 3 atom stereocenters. The van der Waals surface area contributed by atoms with Gasteiger partial charge in [-0.15, -0.1) is 0 Å². The fraction of sp³-hybridized carbons (Fsp3) is 1.00. The van der Waals surface area contributed by atoms with E-state index < -0.39 is 0 Å². The van der Waals surface area contributed by atoms with E-state index in [0.29, 0.717) is 0 Å². The third-order valence-electron chi connectivity index (χ3n) is 5.89. The molecule has 0 saturated heterocycles. The van der Waals surface area contributed by atoms with Gasteiger partial charge >= 0.3 is 0 Å². The summed E-state index contributed by atoms with van der Waals surface area (Å²) in [7, 11) is 2.22. The van der Waals surface area contributed by atoms with Gasteiger partial charge in [-0.3, -0.25) is 0 Å². The van der Waals surface area contributed by atoms with Crippen LogP contribution in [0.4, 0.5) is 0 Å². The Labute approximate surface area is 168 Å². The quantitative estimate of drug-likeness (QED) is 0.122. The Balaban J connectivity index is 3.46. The zero-order valence-electron chi connectivity index (χ0n) is 17.5. The van der Waals surface area contributed by atoms with Crippen LogP contribution in [0.5, 0.6) is 0 Å². The summed E-state index contributed by atoms with van der Waals surface area (Å²) in [5, 5.41) is 0. The standard InChI is InChI=1S/C22H46IN/c1-6-8-9-10-11-12-13-14-15-16-17-18-19-20(3)21(4)22(7-2)24(5)23/h20-22H,6-19H2,1-5H3. The van der Waals surface area contributed by atoms with E-state index in [4.69, 9.17) is 0 Å². The number of halogens is 1. The van der Waals surface area contributed by atoms with Gasteiger partial charge in [0.05, 0.1) is 0 Å². The Hall–Kier alpha value is 0.690. The Kier molecular flexibility index (Phi) is 17.6. The van der Waals surface area contributed by atoms with Gasteiger partial charge in [0.15, 0.2) is 0 Å². The van der Waals surface area contributed by atoms with E-state index in [-0.39, 0.29) is 0 Å². The second kappa shape index (κ2) is 17.1. The first-order chi connectivity index (χ1) is 11.5. The summed E-state index contributed by atoms with van der Waals surface area (Å²) < 4.78 is 2.39. The van der Waals surface area contributed by atoms with Crippen LogP contribution >= 0.6 is 22.9 Å². The molecule has 24 heavy (non-hydrogen) atoms. The van der Waals surface area contributed by atoms with Gasteiger partial charge in [0.1, 0.15) is 0 Å². The first-order valence-corrected chi connectivity index (χ1v) is 11.9. The van der Waals surface area contributed by atoms with Gasteiger partial charge in [-0.05, 0) is 25.3 Å². The molecule has 0 radical (unpaired) electrons. The van der Waals surface area contributed by atoms with Gasteiger partial charge in [-0.2, -0.15) is 0 Å². The molecule has 0 aromatic heterocycles. The molecule has 2 heteroatoms. The minimum atomic E-state index is 0.734. The number of hydrogen-bond donors (Lipinski definition) is 0. The molecule has 0 aromatic rings. The van der Waals surface area contributed by atoms with Crippen LogP contribution in [0.1, 0.15) is 118 Å². The van der Waals surface area contributed by atoms with Gasteiger partial charge < -0.3 is 0 Å². The maximum absolute atomic E-state index is 2.46. The number of unbranched alkanes of at least 4 members (excludes halogenated alkanes) is 11. The maximum atomic E-state index is 2.46. The highest BCUT2D eigenvalue weighted by Crippen LogP contribution is 2.27. The van der Waals surface area contributed by atoms with Crippen molar-refractivity contribution in [2.75, 3.05) is 7.05 Å². The molecule has 0 aliphatic rings. The molecule has 0 aliphatic carbocycles. The van der Waals surface area contributed by atoms with Crippen molar-refractivity contribution < 1.29 is 0 Å². The Bertz CT molecular complexity index is 254. The Morgan fingerprint density at radius 3 is 1.50 bits per heavy atom. The highest BCUT2D eigenvalue weighted by Gasteiger charge is 2.23. The van der Waals surface area contributed by atoms with E-state index in [9.17, 15) is 0 Å². The van der Waals surface area contributed by atoms with Crippen molar-refractivity contribution >= 4 is 22.9 Å². The van der Waals surface area contributed by atoms with Crippen molar-refractivity contribution in [1.82, 2.24) is 3.11 Å². The molecule has 0 aliphatic heterocycles. The van der Waals surface area contributed by atoms with Crippen LogP contribution in [0.25, 0.3) is 0 Å². The van der Waals surface area contributed by atoms with Crippen LogP contribution in [0.3, 0.4) is 0 Å². The molecule has 0 spiro atoms. The lowest BCUT2D eigenvalue weighted by molar-refractivity contribution is 0.226. The Morgan fingerprint density at radius 2 is 1.12 bits per heavy atom. The minimum Gasteiger partial charge on any atom is -0.247 e. The lowest BCUT2D eigenvalue weighted by Crippen LogP contribution is -2.33. The van der Waals surface area contributed by atoms with Crippen LogP contribution in [-0.4, -0.2) is 16.2 Å². The maximum Gasteiger partial charge on any atom is 0.0216 e. The second-order valence-corrected chi connectivity index (χ2v) is 9.54. The lowest BCUT2D eigenvalue weighted by Gasteiger charge is -2.32. The summed E-state index contributed by atoms with van der Waals surface area (Å²) in [4.78, 5) is 0. The van der Waals surface area contributed by atoms with Crippen LogP contribution in [0, 0.1) is 11.8 Å². The molecular formula is C22H46IN. The van der Waals surface area contributed by atoms with E-state index in [0.717, 1.165) is 17.9 Å². The van der Waals surface area contributed by atoms with Gasteiger partial charge in [0.2, 0.25) is 0 Å². The monoisotopic (exact) mass is 451 g/mol. The van der Waals surface area contributed by atoms with Gasteiger partial charge in [-0.25, -0.2) is 3.11 Å². The highest BCUT2D eigenvalue weighted by atomic mass is 127. The van der Waals surface area contributed by atoms with E-state index in [1.165, 1.54) is 89.9 Å². The van der Waals surface area contributed by atoms with Crippen LogP contribution < -0.4 is 0 Å².